The monoisotopic (exact) mass is 530 g/mol. The number of hydrogen-bond acceptors (Lipinski definition) is 0. The van der Waals surface area contributed by atoms with E-state index in [1.54, 1.807) is 0 Å². The van der Waals surface area contributed by atoms with Crippen molar-refractivity contribution in [2.24, 2.45) is 0 Å². The summed E-state index contributed by atoms with van der Waals surface area (Å²) in [4.78, 5) is 0. The zero-order valence-electron chi connectivity index (χ0n) is 24.7. The summed E-state index contributed by atoms with van der Waals surface area (Å²) in [7, 11) is 0. The number of fused-ring (bicyclic) bond motifs is 9. The Morgan fingerprint density at radius 1 is 0.425 bits per heavy atom. The Hall–Kier alpha value is -3.26. The van der Waals surface area contributed by atoms with Gasteiger partial charge in [0.05, 0.1) is 22.1 Å². The van der Waals surface area contributed by atoms with Crippen LogP contribution in [0.4, 0.5) is 0 Å². The first-order chi connectivity index (χ1) is 19.8. The molecule has 0 amide bonds. The van der Waals surface area contributed by atoms with Gasteiger partial charge in [-0.3, -0.25) is 0 Å². The maximum absolute atomic E-state index is 2.70. The van der Waals surface area contributed by atoms with Crippen LogP contribution in [0, 0.1) is 0 Å². The average molecular weight is 531 g/mol. The van der Waals surface area contributed by atoms with E-state index in [1.165, 1.54) is 131 Å². The van der Waals surface area contributed by atoms with Crippen LogP contribution in [0.1, 0.15) is 90.9 Å². The molecule has 6 rings (SSSR count). The predicted octanol–water partition coefficient (Wildman–Crippen LogP) is 11.8. The number of hydrogen-bond donors (Lipinski definition) is 0. The van der Waals surface area contributed by atoms with E-state index in [4.69, 9.17) is 0 Å². The number of rotatable bonds is 14. The zero-order chi connectivity index (χ0) is 27.3. The highest BCUT2D eigenvalue weighted by molar-refractivity contribution is 6.29. The van der Waals surface area contributed by atoms with Gasteiger partial charge in [0.2, 0.25) is 0 Å². The van der Waals surface area contributed by atoms with Crippen molar-refractivity contribution in [3.05, 3.63) is 72.8 Å². The van der Waals surface area contributed by atoms with E-state index in [0.29, 0.717) is 0 Å². The van der Waals surface area contributed by atoms with Gasteiger partial charge in [0.1, 0.15) is 0 Å². The molecule has 0 atom stereocenters. The third-order valence-electron chi connectivity index (χ3n) is 9.10. The molecule has 0 N–H and O–H groups in total. The van der Waals surface area contributed by atoms with Gasteiger partial charge in [-0.25, -0.2) is 0 Å². The van der Waals surface area contributed by atoms with Gasteiger partial charge in [0.25, 0.3) is 0 Å². The van der Waals surface area contributed by atoms with Gasteiger partial charge in [-0.15, -0.1) is 0 Å². The Balaban J connectivity index is 1.55. The van der Waals surface area contributed by atoms with Gasteiger partial charge < -0.3 is 9.13 Å². The summed E-state index contributed by atoms with van der Waals surface area (Å²) >= 11 is 0. The van der Waals surface area contributed by atoms with Crippen molar-refractivity contribution in [2.45, 2.75) is 104 Å². The summed E-state index contributed by atoms with van der Waals surface area (Å²) in [6.45, 7) is 6.78. The molecule has 2 heterocycles. The van der Waals surface area contributed by atoms with E-state index in [0.717, 1.165) is 13.1 Å². The summed E-state index contributed by atoms with van der Waals surface area (Å²) in [6.07, 6.45) is 15.9. The number of aromatic nitrogens is 2. The van der Waals surface area contributed by atoms with Crippen LogP contribution in [0.25, 0.3) is 54.4 Å². The lowest BCUT2D eigenvalue weighted by Gasteiger charge is -2.11. The van der Waals surface area contributed by atoms with Gasteiger partial charge in [-0.05, 0) is 46.5 Å². The second kappa shape index (κ2) is 12.5. The van der Waals surface area contributed by atoms with Crippen LogP contribution in [0.15, 0.2) is 72.8 Å². The van der Waals surface area contributed by atoms with Crippen molar-refractivity contribution in [3.8, 4) is 0 Å². The minimum absolute atomic E-state index is 1.09. The minimum Gasteiger partial charge on any atom is -0.339 e. The van der Waals surface area contributed by atoms with Crippen molar-refractivity contribution in [1.29, 1.82) is 0 Å². The topological polar surface area (TPSA) is 9.86 Å². The van der Waals surface area contributed by atoms with E-state index < -0.39 is 0 Å². The minimum atomic E-state index is 1.09. The third kappa shape index (κ3) is 5.02. The molecule has 0 saturated heterocycles. The SMILES string of the molecule is CCCCCCCCn1c2ccc3ccccc3c2c2c1c1c3ccccc3ccc1n2CCCCCCCC. The first-order valence-corrected chi connectivity index (χ1v) is 16.2. The van der Waals surface area contributed by atoms with Gasteiger partial charge in [-0.1, -0.05) is 139 Å². The van der Waals surface area contributed by atoms with Crippen LogP contribution in [-0.2, 0) is 13.1 Å². The van der Waals surface area contributed by atoms with E-state index in [1.807, 2.05) is 0 Å². The lowest BCUT2D eigenvalue weighted by Crippen LogP contribution is -1.98. The maximum atomic E-state index is 2.70. The molecule has 0 aliphatic rings. The van der Waals surface area contributed by atoms with Gasteiger partial charge in [0.15, 0.2) is 0 Å². The second-order valence-electron chi connectivity index (χ2n) is 11.9. The van der Waals surface area contributed by atoms with Gasteiger partial charge in [0, 0.05) is 23.9 Å². The van der Waals surface area contributed by atoms with Crippen LogP contribution in [-0.4, -0.2) is 9.13 Å². The molecule has 0 aliphatic carbocycles. The normalized spacial score (nSPS) is 12.2. The van der Waals surface area contributed by atoms with E-state index in [9.17, 15) is 0 Å². The van der Waals surface area contributed by atoms with Crippen molar-refractivity contribution in [2.75, 3.05) is 0 Å². The molecule has 6 aromatic rings. The quantitative estimate of drug-likeness (QED) is 0.124. The molecule has 4 aromatic carbocycles. The fourth-order valence-corrected chi connectivity index (χ4v) is 7.04. The highest BCUT2D eigenvalue weighted by atomic mass is 15.1. The average Bonchev–Trinajstić information content (AvgIpc) is 3.49. The Kier molecular flexibility index (Phi) is 8.42. The molecule has 2 aromatic heterocycles. The zero-order valence-corrected chi connectivity index (χ0v) is 24.7. The van der Waals surface area contributed by atoms with Crippen LogP contribution < -0.4 is 0 Å². The highest BCUT2D eigenvalue weighted by Crippen LogP contribution is 2.43. The van der Waals surface area contributed by atoms with Crippen LogP contribution in [0.2, 0.25) is 0 Å². The molecular formula is C38H46N2. The number of aryl methyl sites for hydroxylation is 2. The standard InChI is InChI=1S/C38H46N2/c1-3-5-7-9-11-17-27-39-33-25-23-29-19-13-15-21-31(29)35(33)38-37(39)36-32-22-16-14-20-30(32)24-26-34(36)40(38)28-18-12-10-8-6-4-2/h13-16,19-26H,3-12,17-18,27-28H2,1-2H3. The lowest BCUT2D eigenvalue weighted by molar-refractivity contribution is 0.569. The number of benzene rings is 4. The Bertz CT molecular complexity index is 1600. The van der Waals surface area contributed by atoms with Crippen molar-refractivity contribution >= 4 is 54.4 Å². The molecule has 2 heteroatoms. The van der Waals surface area contributed by atoms with Crippen molar-refractivity contribution in [1.82, 2.24) is 9.13 Å². The molecule has 0 aliphatic heterocycles. The molecule has 0 radical (unpaired) electrons. The molecular weight excluding hydrogens is 484 g/mol. The predicted molar refractivity (Wildman–Crippen MR) is 177 cm³/mol. The molecule has 208 valence electrons. The molecule has 0 fully saturated rings. The Labute approximate surface area is 240 Å². The van der Waals surface area contributed by atoms with Crippen LogP contribution in [0.5, 0.6) is 0 Å². The lowest BCUT2D eigenvalue weighted by atomic mass is 10.1. The highest BCUT2D eigenvalue weighted by Gasteiger charge is 2.22. The summed E-state index contributed by atoms with van der Waals surface area (Å²) in [6, 6.07) is 27.5. The van der Waals surface area contributed by atoms with Crippen molar-refractivity contribution in [3.63, 3.8) is 0 Å². The number of nitrogens with zero attached hydrogens (tertiary/aromatic N) is 2. The smallest absolute Gasteiger partial charge is 0.0760 e. The van der Waals surface area contributed by atoms with Gasteiger partial charge >= 0.3 is 0 Å². The first kappa shape index (κ1) is 26.9. The molecule has 0 saturated carbocycles. The van der Waals surface area contributed by atoms with Crippen molar-refractivity contribution < 1.29 is 0 Å². The molecule has 0 unspecified atom stereocenters. The Morgan fingerprint density at radius 3 is 1.27 bits per heavy atom. The summed E-state index contributed by atoms with van der Waals surface area (Å²) in [5, 5.41) is 8.37. The third-order valence-corrected chi connectivity index (χ3v) is 9.10. The van der Waals surface area contributed by atoms with Crippen LogP contribution in [0.3, 0.4) is 0 Å². The maximum Gasteiger partial charge on any atom is 0.0760 e. The second-order valence-corrected chi connectivity index (χ2v) is 11.9. The summed E-state index contributed by atoms with van der Waals surface area (Å²) < 4.78 is 5.40. The number of unbranched alkanes of at least 4 members (excludes halogenated alkanes) is 10. The van der Waals surface area contributed by atoms with E-state index in [2.05, 4.69) is 95.8 Å². The molecule has 0 spiro atoms. The largest absolute Gasteiger partial charge is 0.339 e. The fourth-order valence-electron chi connectivity index (χ4n) is 7.04. The molecule has 40 heavy (non-hydrogen) atoms. The van der Waals surface area contributed by atoms with Crippen LogP contribution >= 0.6 is 0 Å². The van der Waals surface area contributed by atoms with E-state index >= 15 is 0 Å². The molecule has 0 bridgehead atoms. The fraction of sp³-hybridized carbons (Fsp3) is 0.421. The first-order valence-electron chi connectivity index (χ1n) is 16.2. The summed E-state index contributed by atoms with van der Waals surface area (Å²) in [5.41, 5.74) is 5.72. The Morgan fingerprint density at radius 2 is 0.825 bits per heavy atom. The van der Waals surface area contributed by atoms with E-state index in [-0.39, 0.29) is 0 Å². The summed E-state index contributed by atoms with van der Waals surface area (Å²) in [5.74, 6) is 0. The van der Waals surface area contributed by atoms with Gasteiger partial charge in [-0.2, -0.15) is 0 Å². The molecule has 2 nitrogen and oxygen atoms in total.